The summed E-state index contributed by atoms with van der Waals surface area (Å²) in [6, 6.07) is 0.735. The van der Waals surface area contributed by atoms with Gasteiger partial charge in [-0.05, 0) is 77.3 Å². The number of unbranched alkanes of at least 4 members (excludes halogenated alkanes) is 12. The first-order valence-electron chi connectivity index (χ1n) is 17.1. The van der Waals surface area contributed by atoms with E-state index in [1.165, 1.54) is 96.3 Å². The van der Waals surface area contributed by atoms with Gasteiger partial charge in [-0.1, -0.05) is 98.3 Å². The minimum atomic E-state index is -4.06. The molecule has 0 fully saturated rings. The van der Waals surface area contributed by atoms with Crippen molar-refractivity contribution in [2.24, 2.45) is 0 Å². The second kappa shape index (κ2) is 25.1. The maximum atomic E-state index is 10.4. The van der Waals surface area contributed by atoms with Crippen LogP contribution < -0.4 is 0 Å². The van der Waals surface area contributed by atoms with Gasteiger partial charge in [-0.3, -0.25) is 0 Å². The van der Waals surface area contributed by atoms with Crippen LogP contribution in [0.2, 0.25) is 38.8 Å². The highest BCUT2D eigenvalue weighted by Gasteiger charge is 2.34. The second-order valence-corrected chi connectivity index (χ2v) is 28.9. The highest BCUT2D eigenvalue weighted by atomic mass is 32.2. The summed E-state index contributed by atoms with van der Waals surface area (Å²) in [5.74, 6) is -0.265. The third kappa shape index (κ3) is 30.2. The van der Waals surface area contributed by atoms with Crippen LogP contribution >= 0.6 is 7.26 Å². The van der Waals surface area contributed by atoms with Crippen LogP contribution in [0.25, 0.3) is 0 Å². The second-order valence-electron chi connectivity index (χ2n) is 13.8. The molecule has 0 aliphatic rings. The first kappa shape index (κ1) is 42.9. The Labute approximate surface area is 256 Å². The largest absolute Gasteiger partial charge is 0.748 e. The van der Waals surface area contributed by atoms with Gasteiger partial charge in [0.2, 0.25) is 0 Å². The summed E-state index contributed by atoms with van der Waals surface area (Å²) in [5, 5.41) is 0. The van der Waals surface area contributed by atoms with Gasteiger partial charge in [0.1, 0.15) is 0 Å². The molecule has 8 heteroatoms. The van der Waals surface area contributed by atoms with E-state index in [1.807, 2.05) is 0 Å². The number of hydrogen-bond acceptors (Lipinski definition) is 4. The minimum Gasteiger partial charge on any atom is -0.748 e. The molecule has 4 nitrogen and oxygen atoms in total. The van der Waals surface area contributed by atoms with Gasteiger partial charge in [0.25, 0.3) is 0 Å². The fourth-order valence-corrected chi connectivity index (χ4v) is 19.7. The van der Waals surface area contributed by atoms with Crippen molar-refractivity contribution in [3.8, 4) is 0 Å². The first-order chi connectivity index (χ1) is 18.7. The van der Waals surface area contributed by atoms with Crippen LogP contribution in [-0.4, -0.2) is 60.0 Å². The molecular weight excluding hydrogens is 568 g/mol. The van der Waals surface area contributed by atoms with Gasteiger partial charge >= 0.3 is 0 Å². The Balaban J connectivity index is 0. The molecule has 0 saturated heterocycles. The normalized spacial score (nSPS) is 12.8. The van der Waals surface area contributed by atoms with Crippen LogP contribution in [0.1, 0.15) is 137 Å². The molecule has 40 heavy (non-hydrogen) atoms. The maximum absolute atomic E-state index is 10.4. The molecule has 244 valence electrons. The van der Waals surface area contributed by atoms with Crippen LogP contribution in [-0.2, 0) is 14.2 Å². The summed E-state index contributed by atoms with van der Waals surface area (Å²) in [4.78, 5) is 0. The van der Waals surface area contributed by atoms with Crippen LogP contribution in [0, 0.1) is 0 Å². The van der Waals surface area contributed by atoms with E-state index in [1.54, 1.807) is 31.1 Å². The Bertz CT molecular complexity index is 645. The van der Waals surface area contributed by atoms with E-state index in [9.17, 15) is 13.0 Å². The lowest BCUT2D eigenvalue weighted by Gasteiger charge is -2.31. The minimum absolute atomic E-state index is 0.265. The zero-order chi connectivity index (χ0) is 31.0. The Morgan fingerprint density at radius 1 is 0.550 bits per heavy atom. The lowest BCUT2D eigenvalue weighted by molar-refractivity contribution is 0.461. The van der Waals surface area contributed by atoms with Gasteiger partial charge in [0.05, 0.1) is 34.8 Å². The molecule has 0 spiro atoms. The third-order valence-electron chi connectivity index (χ3n) is 7.70. The molecule has 0 heterocycles. The zero-order valence-electron chi connectivity index (χ0n) is 28.8. The molecule has 0 rings (SSSR count). The van der Waals surface area contributed by atoms with Crippen LogP contribution in [0.4, 0.5) is 0 Å². The molecule has 0 N–H and O–H groups in total. The molecule has 0 unspecified atom stereocenters. The molecule has 0 bridgehead atoms. The first-order valence-corrected chi connectivity index (χ1v) is 27.8. The Morgan fingerprint density at radius 3 is 1.25 bits per heavy atom. The summed E-state index contributed by atoms with van der Waals surface area (Å²) in [6.07, 6.45) is 30.4. The molecule has 0 saturated carbocycles. The smallest absolute Gasteiger partial charge is 0.173 e. The van der Waals surface area contributed by atoms with E-state index in [4.69, 9.17) is 4.12 Å². The summed E-state index contributed by atoms with van der Waals surface area (Å²) in [5.41, 5.74) is 0. The van der Waals surface area contributed by atoms with Crippen LogP contribution in [0.3, 0.4) is 0 Å². The van der Waals surface area contributed by atoms with Gasteiger partial charge in [-0.25, -0.2) is 8.42 Å². The fourth-order valence-electron chi connectivity index (χ4n) is 5.64. The third-order valence-corrected chi connectivity index (χ3v) is 19.8. The SMILES string of the molecule is CCCCCCCCCCCC[P+](CCCC)(CCCC)CCCC.C[Si](C)(C)O[Si](C)(C)CCCS(=O)(=O)[O-]. The van der Waals surface area contributed by atoms with Gasteiger partial charge in [-0.15, -0.1) is 0 Å². The van der Waals surface area contributed by atoms with Crippen molar-refractivity contribution in [2.75, 3.05) is 30.4 Å². The van der Waals surface area contributed by atoms with Crippen LogP contribution in [0.5, 0.6) is 0 Å². The molecule has 0 aromatic carbocycles. The lowest BCUT2D eigenvalue weighted by Crippen LogP contribution is -2.42. The van der Waals surface area contributed by atoms with Crippen molar-refractivity contribution in [1.82, 2.24) is 0 Å². The van der Waals surface area contributed by atoms with Crippen molar-refractivity contribution in [1.29, 1.82) is 0 Å². The highest BCUT2D eigenvalue weighted by Crippen LogP contribution is 2.61. The Morgan fingerprint density at radius 2 is 0.900 bits per heavy atom. The lowest BCUT2D eigenvalue weighted by atomic mass is 10.1. The Hall–Kier alpha value is 0.734. The molecule has 0 atom stereocenters. The van der Waals surface area contributed by atoms with Crippen molar-refractivity contribution in [2.45, 2.75) is 176 Å². The van der Waals surface area contributed by atoms with Gasteiger partial charge in [0, 0.05) is 13.0 Å². The van der Waals surface area contributed by atoms with Gasteiger partial charge in [0.15, 0.2) is 16.6 Å². The monoisotopic (exact) mass is 640 g/mol. The van der Waals surface area contributed by atoms with E-state index >= 15 is 0 Å². The average Bonchev–Trinajstić information content (AvgIpc) is 2.83. The summed E-state index contributed by atoms with van der Waals surface area (Å²) < 4.78 is 37.3. The fraction of sp³-hybridized carbons (Fsp3) is 1.00. The maximum Gasteiger partial charge on any atom is 0.173 e. The van der Waals surface area contributed by atoms with E-state index in [2.05, 4.69) is 60.4 Å². The standard InChI is InChI=1S/C24H52P.C8H22O4SSi2/c1-5-9-13-14-15-16-17-18-19-20-24-25(21-10-6-2,22-11-7-3)23-12-8-4;1-14(2,3)12-15(4,5)8-6-7-13(9,10)11/h5-24H2,1-4H3;6-8H2,1-5H3,(H,9,10,11)/q+1;/p-1. The van der Waals surface area contributed by atoms with Gasteiger partial charge in [-0.2, -0.15) is 0 Å². The summed E-state index contributed by atoms with van der Waals surface area (Å²) in [7, 11) is -8.02. The van der Waals surface area contributed by atoms with E-state index in [0.29, 0.717) is 6.42 Å². The highest BCUT2D eigenvalue weighted by molar-refractivity contribution is 7.85. The average molecular weight is 641 g/mol. The van der Waals surface area contributed by atoms with Crippen molar-refractivity contribution < 1.29 is 17.1 Å². The molecule has 0 aliphatic carbocycles. The molecular formula is C32H73O4PSSi2. The van der Waals surface area contributed by atoms with Crippen molar-refractivity contribution in [3.05, 3.63) is 0 Å². The molecule has 0 amide bonds. The molecule has 0 aromatic rings. The quantitative estimate of drug-likeness (QED) is 0.0408. The summed E-state index contributed by atoms with van der Waals surface area (Å²) in [6.45, 7) is 20.0. The van der Waals surface area contributed by atoms with Crippen molar-refractivity contribution in [3.63, 3.8) is 0 Å². The Kier molecular flexibility index (Phi) is 26.9. The van der Waals surface area contributed by atoms with Gasteiger partial charge < -0.3 is 8.67 Å². The van der Waals surface area contributed by atoms with Crippen LogP contribution in [0.15, 0.2) is 0 Å². The zero-order valence-corrected chi connectivity index (χ0v) is 32.5. The van der Waals surface area contributed by atoms with E-state index in [-0.39, 0.29) is 5.75 Å². The number of rotatable bonds is 26. The predicted octanol–water partition coefficient (Wildman–Crippen LogP) is 11.3. The summed E-state index contributed by atoms with van der Waals surface area (Å²) >= 11 is 0. The molecule has 0 aliphatic heterocycles. The van der Waals surface area contributed by atoms with Crippen molar-refractivity contribution >= 4 is 34.0 Å². The van der Waals surface area contributed by atoms with E-state index < -0.39 is 34.0 Å². The topological polar surface area (TPSA) is 66.4 Å². The predicted molar refractivity (Wildman–Crippen MR) is 189 cm³/mol. The number of hydrogen-bond donors (Lipinski definition) is 0. The van der Waals surface area contributed by atoms with E-state index in [0.717, 1.165) is 6.04 Å². The molecule has 0 aromatic heterocycles. The molecule has 0 radical (unpaired) electrons.